The Labute approximate surface area is 158 Å². The van der Waals surface area contributed by atoms with Crippen LogP contribution in [-0.4, -0.2) is 35.8 Å². The van der Waals surface area contributed by atoms with E-state index in [9.17, 15) is 9.59 Å². The van der Waals surface area contributed by atoms with Gasteiger partial charge in [0, 0.05) is 18.6 Å². The number of aromatic nitrogens is 1. The zero-order chi connectivity index (χ0) is 18.4. The SMILES string of the molecule is CCOC(C)(OCC)C(=O)NNC(=O)c1csc(-c2ccc(Cl)s2)n1. The highest BCUT2D eigenvalue weighted by atomic mass is 35.5. The van der Waals surface area contributed by atoms with E-state index in [-0.39, 0.29) is 18.9 Å². The first-order chi connectivity index (χ1) is 11.9. The van der Waals surface area contributed by atoms with E-state index in [1.165, 1.54) is 29.6 Å². The molecule has 0 bridgehead atoms. The molecule has 2 heterocycles. The minimum atomic E-state index is -1.47. The lowest BCUT2D eigenvalue weighted by molar-refractivity contribution is -0.219. The zero-order valence-electron chi connectivity index (χ0n) is 13.9. The van der Waals surface area contributed by atoms with Gasteiger partial charge in [0.05, 0.1) is 9.21 Å². The second kappa shape index (κ2) is 8.72. The fraction of sp³-hybridized carbons (Fsp3) is 0.400. The van der Waals surface area contributed by atoms with E-state index >= 15 is 0 Å². The van der Waals surface area contributed by atoms with Crippen LogP contribution in [0.15, 0.2) is 17.5 Å². The summed E-state index contributed by atoms with van der Waals surface area (Å²) in [6.07, 6.45) is 0. The molecule has 0 aliphatic heterocycles. The summed E-state index contributed by atoms with van der Waals surface area (Å²) in [5.74, 6) is -2.61. The standard InChI is InChI=1S/C15H18ClN3O4S2/c1-4-22-15(3,23-5-2)14(21)19-18-12(20)9-8-24-13(17-9)10-6-7-11(16)25-10/h6-8H,4-5H2,1-3H3,(H,18,20)(H,19,21). The average Bonchev–Trinajstić information content (AvgIpc) is 3.21. The normalized spacial score (nSPS) is 11.4. The van der Waals surface area contributed by atoms with Crippen molar-refractivity contribution in [2.24, 2.45) is 0 Å². The predicted molar refractivity (Wildman–Crippen MR) is 97.7 cm³/mol. The van der Waals surface area contributed by atoms with Crippen LogP contribution in [-0.2, 0) is 14.3 Å². The summed E-state index contributed by atoms with van der Waals surface area (Å²) in [6.45, 7) is 5.56. The van der Waals surface area contributed by atoms with Crippen LogP contribution in [0.1, 0.15) is 31.3 Å². The third-order valence-corrected chi connectivity index (χ3v) is 5.31. The van der Waals surface area contributed by atoms with Gasteiger partial charge in [0.1, 0.15) is 10.7 Å². The van der Waals surface area contributed by atoms with Crippen molar-refractivity contribution in [3.05, 3.63) is 27.5 Å². The monoisotopic (exact) mass is 403 g/mol. The molecular formula is C15H18ClN3O4S2. The van der Waals surface area contributed by atoms with E-state index in [2.05, 4.69) is 15.8 Å². The molecule has 10 heteroatoms. The number of hydrazine groups is 1. The summed E-state index contributed by atoms with van der Waals surface area (Å²) >= 11 is 8.60. The predicted octanol–water partition coefficient (Wildman–Crippen LogP) is 3.08. The molecule has 2 rings (SSSR count). The molecule has 0 aliphatic rings. The van der Waals surface area contributed by atoms with Crippen molar-refractivity contribution >= 4 is 46.1 Å². The summed E-state index contributed by atoms with van der Waals surface area (Å²) in [4.78, 5) is 29.5. The molecule has 0 atom stereocenters. The van der Waals surface area contributed by atoms with Gasteiger partial charge >= 0.3 is 0 Å². The summed E-state index contributed by atoms with van der Waals surface area (Å²) in [7, 11) is 0. The molecule has 0 saturated carbocycles. The maximum absolute atomic E-state index is 12.2. The summed E-state index contributed by atoms with van der Waals surface area (Å²) in [5.41, 5.74) is 4.81. The van der Waals surface area contributed by atoms with Crippen molar-refractivity contribution < 1.29 is 19.1 Å². The highest BCUT2D eigenvalue weighted by Gasteiger charge is 2.35. The van der Waals surface area contributed by atoms with Crippen LogP contribution in [0.25, 0.3) is 9.88 Å². The number of carbonyl (C=O) groups excluding carboxylic acids is 2. The van der Waals surface area contributed by atoms with Gasteiger partial charge in [-0.2, -0.15) is 0 Å². The van der Waals surface area contributed by atoms with Crippen LogP contribution in [0.2, 0.25) is 4.34 Å². The smallest absolute Gasteiger partial charge is 0.298 e. The molecule has 2 N–H and O–H groups in total. The Hall–Kier alpha value is -1.52. The highest BCUT2D eigenvalue weighted by Crippen LogP contribution is 2.32. The van der Waals surface area contributed by atoms with Crippen molar-refractivity contribution in [2.45, 2.75) is 26.6 Å². The second-order valence-corrected chi connectivity index (χ2v) is 7.43. The Morgan fingerprint density at radius 2 is 1.92 bits per heavy atom. The van der Waals surface area contributed by atoms with Gasteiger partial charge in [-0.05, 0) is 32.9 Å². The Balaban J connectivity index is 1.98. The Morgan fingerprint density at radius 3 is 2.48 bits per heavy atom. The van der Waals surface area contributed by atoms with Crippen molar-refractivity contribution in [2.75, 3.05) is 13.2 Å². The molecule has 7 nitrogen and oxygen atoms in total. The number of nitrogens with zero attached hydrogens (tertiary/aromatic N) is 1. The molecular weight excluding hydrogens is 386 g/mol. The van der Waals surface area contributed by atoms with Gasteiger partial charge in [-0.3, -0.25) is 20.4 Å². The molecule has 2 aromatic rings. The molecule has 0 aliphatic carbocycles. The zero-order valence-corrected chi connectivity index (χ0v) is 16.3. The molecule has 0 aromatic carbocycles. The van der Waals surface area contributed by atoms with Gasteiger partial charge in [-0.25, -0.2) is 4.98 Å². The van der Waals surface area contributed by atoms with Crippen LogP contribution >= 0.6 is 34.3 Å². The first-order valence-corrected chi connectivity index (χ1v) is 9.57. The van der Waals surface area contributed by atoms with E-state index < -0.39 is 17.6 Å². The minimum absolute atomic E-state index is 0.194. The van der Waals surface area contributed by atoms with Gasteiger partial charge in [0.25, 0.3) is 11.8 Å². The number of nitrogens with one attached hydrogen (secondary N) is 2. The number of thiazole rings is 1. The van der Waals surface area contributed by atoms with Gasteiger partial charge < -0.3 is 9.47 Å². The first kappa shape index (κ1) is 19.8. The van der Waals surface area contributed by atoms with E-state index in [0.717, 1.165) is 4.88 Å². The Kier molecular flexibility index (Phi) is 6.91. The maximum Gasteiger partial charge on any atom is 0.298 e. The summed E-state index contributed by atoms with van der Waals surface area (Å²) < 4.78 is 11.3. The number of ether oxygens (including phenoxy) is 2. The quantitative estimate of drug-likeness (QED) is 0.547. The minimum Gasteiger partial charge on any atom is -0.343 e. The number of carbonyl (C=O) groups is 2. The number of hydrogen-bond acceptors (Lipinski definition) is 7. The Bertz CT molecular complexity index is 741. The molecule has 2 amide bonds. The van der Waals surface area contributed by atoms with Crippen LogP contribution in [0, 0.1) is 0 Å². The number of halogens is 1. The van der Waals surface area contributed by atoms with E-state index in [0.29, 0.717) is 9.34 Å². The summed E-state index contributed by atoms with van der Waals surface area (Å²) in [6, 6.07) is 3.61. The number of thiophene rings is 1. The van der Waals surface area contributed by atoms with Gasteiger partial charge in [-0.1, -0.05) is 11.6 Å². The molecule has 0 fully saturated rings. The van der Waals surface area contributed by atoms with Crippen molar-refractivity contribution in [1.82, 2.24) is 15.8 Å². The molecule has 2 aromatic heterocycles. The van der Waals surface area contributed by atoms with Crippen LogP contribution in [0.3, 0.4) is 0 Å². The molecule has 0 radical (unpaired) electrons. The van der Waals surface area contributed by atoms with Crippen LogP contribution in [0.5, 0.6) is 0 Å². The van der Waals surface area contributed by atoms with Crippen molar-refractivity contribution in [3.8, 4) is 9.88 Å². The number of hydrogen-bond donors (Lipinski definition) is 2. The summed E-state index contributed by atoms with van der Waals surface area (Å²) in [5, 5.41) is 2.29. The molecule has 0 saturated heterocycles. The van der Waals surface area contributed by atoms with Crippen LogP contribution in [0.4, 0.5) is 0 Å². The average molecular weight is 404 g/mol. The topological polar surface area (TPSA) is 89.5 Å². The molecule has 0 spiro atoms. The third kappa shape index (κ3) is 4.99. The van der Waals surface area contributed by atoms with Crippen molar-refractivity contribution in [1.29, 1.82) is 0 Å². The molecule has 0 unspecified atom stereocenters. The first-order valence-electron chi connectivity index (χ1n) is 7.49. The lowest BCUT2D eigenvalue weighted by atomic mass is 10.3. The van der Waals surface area contributed by atoms with Crippen LogP contribution < -0.4 is 10.9 Å². The maximum atomic E-state index is 12.2. The number of amides is 2. The highest BCUT2D eigenvalue weighted by molar-refractivity contribution is 7.23. The fourth-order valence-electron chi connectivity index (χ4n) is 1.94. The fourth-order valence-corrected chi connectivity index (χ4v) is 3.85. The lowest BCUT2D eigenvalue weighted by Crippen LogP contribution is -2.54. The Morgan fingerprint density at radius 1 is 1.24 bits per heavy atom. The van der Waals surface area contributed by atoms with E-state index in [1.54, 1.807) is 25.3 Å². The van der Waals surface area contributed by atoms with Gasteiger partial charge in [-0.15, -0.1) is 22.7 Å². The van der Waals surface area contributed by atoms with E-state index in [4.69, 9.17) is 21.1 Å². The van der Waals surface area contributed by atoms with Gasteiger partial charge in [0.2, 0.25) is 5.79 Å². The lowest BCUT2D eigenvalue weighted by Gasteiger charge is -2.27. The van der Waals surface area contributed by atoms with Gasteiger partial charge in [0.15, 0.2) is 0 Å². The third-order valence-electron chi connectivity index (χ3n) is 3.06. The second-order valence-electron chi connectivity index (χ2n) is 4.86. The molecule has 136 valence electrons. The number of rotatable bonds is 7. The van der Waals surface area contributed by atoms with E-state index in [1.807, 2.05) is 6.07 Å². The molecule has 25 heavy (non-hydrogen) atoms. The van der Waals surface area contributed by atoms with Crippen molar-refractivity contribution in [3.63, 3.8) is 0 Å². The largest absolute Gasteiger partial charge is 0.343 e.